The molecule has 1 aliphatic heterocycles. The van der Waals surface area contributed by atoms with Crippen molar-refractivity contribution in [2.45, 2.75) is 6.30 Å². The highest BCUT2D eigenvalue weighted by molar-refractivity contribution is 5.03. The van der Waals surface area contributed by atoms with Gasteiger partial charge in [0.05, 0.1) is 7.05 Å². The molecule has 1 rings (SSSR count). The predicted molar refractivity (Wildman–Crippen MR) is 30.5 cm³/mol. The van der Waals surface area contributed by atoms with E-state index in [4.69, 9.17) is 0 Å². The van der Waals surface area contributed by atoms with Crippen LogP contribution in [0.1, 0.15) is 0 Å². The first-order chi connectivity index (χ1) is 4.46. The fraction of sp³-hybridized carbons (Fsp3) is 0.333. The van der Waals surface area contributed by atoms with Crippen molar-refractivity contribution < 1.29 is 17.7 Å². The first-order valence-electron chi connectivity index (χ1n) is 2.75. The highest BCUT2D eigenvalue weighted by Gasteiger charge is 2.50. The topological polar surface area (TPSA) is 0 Å². The van der Waals surface area contributed by atoms with Crippen molar-refractivity contribution in [3.63, 3.8) is 0 Å². The summed E-state index contributed by atoms with van der Waals surface area (Å²) in [5, 5.41) is 0. The molecule has 4 heteroatoms. The smallest absolute Gasteiger partial charge is 0.181 e. The van der Waals surface area contributed by atoms with Crippen LogP contribution in [0.25, 0.3) is 0 Å². The number of hydrogen-bond donors (Lipinski definition) is 0. The molecule has 0 radical (unpaired) electrons. The van der Waals surface area contributed by atoms with Crippen molar-refractivity contribution in [2.75, 3.05) is 7.05 Å². The summed E-state index contributed by atoms with van der Waals surface area (Å²) in [7, 11) is 1.08. The molecule has 56 valence electrons. The van der Waals surface area contributed by atoms with E-state index in [2.05, 4.69) is 0 Å². The van der Waals surface area contributed by atoms with Crippen LogP contribution in [0, 0.1) is 0 Å². The fourth-order valence-corrected chi connectivity index (χ4v) is 0.676. The minimum atomic E-state index is -4.22. The summed E-state index contributed by atoms with van der Waals surface area (Å²) >= 11 is 0. The van der Waals surface area contributed by atoms with Crippen LogP contribution in [-0.2, 0) is 0 Å². The predicted octanol–water partition coefficient (Wildman–Crippen LogP) is 1.99. The minimum Gasteiger partial charge on any atom is -0.181 e. The van der Waals surface area contributed by atoms with Crippen LogP contribution in [0.5, 0.6) is 0 Å². The Morgan fingerprint density at radius 2 is 1.50 bits per heavy atom. The maximum atomic E-state index is 12.0. The number of rotatable bonds is 0. The van der Waals surface area contributed by atoms with E-state index in [9.17, 15) is 13.2 Å². The first-order valence-corrected chi connectivity index (χ1v) is 2.75. The van der Waals surface area contributed by atoms with E-state index in [1.165, 1.54) is 12.2 Å². The van der Waals surface area contributed by atoms with Crippen LogP contribution in [0.15, 0.2) is 24.6 Å². The van der Waals surface area contributed by atoms with Crippen LogP contribution in [0.4, 0.5) is 13.2 Å². The molecule has 0 saturated carbocycles. The zero-order valence-electron chi connectivity index (χ0n) is 5.39. The second-order valence-electron chi connectivity index (χ2n) is 2.30. The van der Waals surface area contributed by atoms with Gasteiger partial charge in [0.15, 0.2) is 0 Å². The highest BCUT2D eigenvalue weighted by Crippen LogP contribution is 2.31. The monoisotopic (exact) mass is 150 g/mol. The minimum absolute atomic E-state index is 1.08. The number of allylic oxidation sites excluding steroid dienone is 2. The fourth-order valence-electron chi connectivity index (χ4n) is 0.676. The summed E-state index contributed by atoms with van der Waals surface area (Å²) in [6.45, 7) is 0. The third kappa shape index (κ3) is 0.945. The Labute approximate surface area is 56.6 Å². The summed E-state index contributed by atoms with van der Waals surface area (Å²) in [6, 6.07) is 0. The van der Waals surface area contributed by atoms with Crippen LogP contribution in [0.2, 0.25) is 0 Å². The van der Waals surface area contributed by atoms with E-state index in [0.717, 1.165) is 19.4 Å². The van der Waals surface area contributed by atoms with Gasteiger partial charge in [0, 0.05) is 0 Å². The van der Waals surface area contributed by atoms with E-state index >= 15 is 0 Å². The van der Waals surface area contributed by atoms with Gasteiger partial charge >= 0.3 is 6.30 Å². The van der Waals surface area contributed by atoms with Gasteiger partial charge in [-0.2, -0.15) is 4.48 Å². The molecular weight excluding hydrogens is 143 g/mol. The molecule has 0 unspecified atom stereocenters. The summed E-state index contributed by atoms with van der Waals surface area (Å²) in [5.74, 6) is 0. The van der Waals surface area contributed by atoms with Crippen molar-refractivity contribution >= 4 is 0 Å². The van der Waals surface area contributed by atoms with E-state index in [0.29, 0.717) is 0 Å². The molecule has 0 aliphatic carbocycles. The van der Waals surface area contributed by atoms with Gasteiger partial charge in [-0.15, -0.1) is 13.2 Å². The Balaban J connectivity index is 2.90. The molecule has 0 fully saturated rings. The first kappa shape index (κ1) is 7.34. The molecule has 0 saturated heterocycles. The molecule has 0 aromatic rings. The van der Waals surface area contributed by atoms with Crippen molar-refractivity contribution in [1.29, 1.82) is 0 Å². The number of nitrogens with zero attached hydrogens (tertiary/aromatic N) is 1. The molecular formula is C6H7F3N+. The summed E-state index contributed by atoms with van der Waals surface area (Å²) < 4.78 is 35.0. The van der Waals surface area contributed by atoms with Gasteiger partial charge in [-0.1, -0.05) is 0 Å². The Kier molecular flexibility index (Phi) is 1.36. The molecule has 0 spiro atoms. The van der Waals surface area contributed by atoms with Crippen LogP contribution in [0.3, 0.4) is 0 Å². The van der Waals surface area contributed by atoms with Gasteiger partial charge in [0.1, 0.15) is 12.4 Å². The van der Waals surface area contributed by atoms with E-state index in [1.54, 1.807) is 0 Å². The van der Waals surface area contributed by atoms with E-state index < -0.39 is 10.8 Å². The van der Waals surface area contributed by atoms with Crippen LogP contribution >= 0.6 is 0 Å². The molecule has 0 N–H and O–H groups in total. The summed E-state index contributed by atoms with van der Waals surface area (Å²) in [4.78, 5) is 0. The molecule has 0 aromatic heterocycles. The Bertz CT molecular complexity index is 178. The zero-order valence-corrected chi connectivity index (χ0v) is 5.39. The maximum Gasteiger partial charge on any atom is 0.569 e. The molecule has 10 heavy (non-hydrogen) atoms. The average molecular weight is 150 g/mol. The van der Waals surface area contributed by atoms with Crippen molar-refractivity contribution in [3.05, 3.63) is 24.6 Å². The second-order valence-corrected chi connectivity index (χ2v) is 2.30. The third-order valence-corrected chi connectivity index (χ3v) is 1.45. The third-order valence-electron chi connectivity index (χ3n) is 1.45. The van der Waals surface area contributed by atoms with Crippen LogP contribution in [-0.4, -0.2) is 17.8 Å². The largest absolute Gasteiger partial charge is 0.569 e. The molecule has 1 aliphatic rings. The van der Waals surface area contributed by atoms with Gasteiger partial charge in [0.25, 0.3) is 0 Å². The Morgan fingerprint density at radius 1 is 1.10 bits per heavy atom. The number of hydrogen-bond acceptors (Lipinski definition) is 0. The molecule has 0 bridgehead atoms. The lowest BCUT2D eigenvalue weighted by atomic mass is 10.6. The SMILES string of the molecule is C[N+]1(C(F)(F)F)C=CC=C1. The van der Waals surface area contributed by atoms with Crippen molar-refractivity contribution in [3.8, 4) is 0 Å². The normalized spacial score (nSPS) is 22.0. The average Bonchev–Trinajstić information content (AvgIpc) is 2.13. The molecule has 1 heterocycles. The van der Waals surface area contributed by atoms with Gasteiger partial charge in [0.2, 0.25) is 0 Å². The summed E-state index contributed by atoms with van der Waals surface area (Å²) in [6.07, 6.45) is 0.713. The van der Waals surface area contributed by atoms with Gasteiger partial charge in [-0.05, 0) is 12.2 Å². The molecule has 0 atom stereocenters. The molecule has 0 amide bonds. The lowest BCUT2D eigenvalue weighted by Crippen LogP contribution is -2.44. The van der Waals surface area contributed by atoms with Gasteiger partial charge < -0.3 is 0 Å². The Hall–Kier alpha value is -0.770. The summed E-state index contributed by atoms with van der Waals surface area (Å²) in [5.41, 5.74) is 0. The lowest BCUT2D eigenvalue weighted by molar-refractivity contribution is -0.927. The van der Waals surface area contributed by atoms with Crippen molar-refractivity contribution in [2.24, 2.45) is 0 Å². The van der Waals surface area contributed by atoms with Gasteiger partial charge in [-0.3, -0.25) is 0 Å². The zero-order chi connectivity index (χ0) is 7.83. The maximum absolute atomic E-state index is 12.0. The van der Waals surface area contributed by atoms with Gasteiger partial charge in [-0.25, -0.2) is 0 Å². The number of alkyl halides is 3. The number of halogens is 3. The van der Waals surface area contributed by atoms with Crippen molar-refractivity contribution in [1.82, 2.24) is 0 Å². The molecule has 0 aromatic carbocycles. The van der Waals surface area contributed by atoms with E-state index in [-0.39, 0.29) is 0 Å². The molecule has 1 nitrogen and oxygen atoms in total. The quantitative estimate of drug-likeness (QED) is 0.366. The van der Waals surface area contributed by atoms with E-state index in [1.807, 2.05) is 0 Å². The highest BCUT2D eigenvalue weighted by atomic mass is 19.4. The standard InChI is InChI=1S/C6H7F3N/c1-10(6(7,8)9)4-2-3-5-10/h2-5H,1H3/q+1. The van der Waals surface area contributed by atoms with Crippen LogP contribution < -0.4 is 0 Å². The Morgan fingerprint density at radius 3 is 1.70 bits per heavy atom. The second kappa shape index (κ2) is 1.85. The number of quaternary nitrogens is 1. The lowest BCUT2D eigenvalue weighted by Gasteiger charge is -2.24.